The molecular formula is C48H51N. The molecule has 0 spiro atoms. The number of rotatable bonds is 3. The summed E-state index contributed by atoms with van der Waals surface area (Å²) < 4.78 is 0. The van der Waals surface area contributed by atoms with Gasteiger partial charge in [0.2, 0.25) is 0 Å². The first-order chi connectivity index (χ1) is 23.1. The van der Waals surface area contributed by atoms with Crippen molar-refractivity contribution < 1.29 is 0 Å². The molecule has 2 unspecified atom stereocenters. The van der Waals surface area contributed by atoms with Crippen molar-refractivity contribution >= 4 is 33.4 Å². The summed E-state index contributed by atoms with van der Waals surface area (Å²) in [6, 6.07) is 39.3. The number of benzene rings is 5. The Morgan fingerprint density at radius 3 is 1.67 bits per heavy atom. The fraction of sp³-hybridized carbons (Fsp3) is 0.333. The van der Waals surface area contributed by atoms with Gasteiger partial charge in [0.05, 0.1) is 5.69 Å². The first-order valence-electron chi connectivity index (χ1n) is 18.2. The molecule has 3 aliphatic rings. The average Bonchev–Trinajstić information content (AvgIpc) is 3.43. The third-order valence-corrected chi connectivity index (χ3v) is 12.1. The second-order valence-corrected chi connectivity index (χ2v) is 17.9. The van der Waals surface area contributed by atoms with E-state index in [4.69, 9.17) is 0 Å². The van der Waals surface area contributed by atoms with Crippen LogP contribution in [0.25, 0.3) is 16.3 Å². The van der Waals surface area contributed by atoms with Crippen LogP contribution in [0.5, 0.6) is 0 Å². The zero-order valence-electron chi connectivity index (χ0n) is 31.1. The summed E-state index contributed by atoms with van der Waals surface area (Å²) in [6.07, 6.45) is 5.31. The topological polar surface area (TPSA) is 3.24 Å². The lowest BCUT2D eigenvalue weighted by atomic mass is 9.70. The van der Waals surface area contributed by atoms with Crippen molar-refractivity contribution in [3.63, 3.8) is 0 Å². The maximum absolute atomic E-state index is 2.66. The molecule has 0 fully saturated rings. The molecule has 0 heterocycles. The molecular weight excluding hydrogens is 591 g/mol. The van der Waals surface area contributed by atoms with Gasteiger partial charge in [-0.15, -0.1) is 0 Å². The quantitative estimate of drug-likeness (QED) is 0.189. The van der Waals surface area contributed by atoms with Crippen molar-refractivity contribution in [2.45, 2.75) is 96.8 Å². The Hall–Kier alpha value is -4.36. The third-order valence-electron chi connectivity index (χ3n) is 12.1. The van der Waals surface area contributed by atoms with Crippen LogP contribution in [0.15, 0.2) is 121 Å². The molecule has 8 rings (SSSR count). The molecule has 248 valence electrons. The molecule has 0 aliphatic heterocycles. The van der Waals surface area contributed by atoms with Crippen molar-refractivity contribution in [2.75, 3.05) is 4.90 Å². The minimum absolute atomic E-state index is 0.0775. The van der Waals surface area contributed by atoms with E-state index in [-0.39, 0.29) is 21.7 Å². The standard InChI is InChI=1S/C48H51N/c1-45(2,3)30-19-23-32(24-20-30)49(33-25-21-31(22-26-33)46(4,5)6)43-29-42-44(36-17-12-11-16-35(36)43)38-28-40-37(27-41(38)48(42,9)10)34-15-13-14-18-39(34)47(40,7)8/h11-29,37,40H,1-10H3. The Labute approximate surface area is 294 Å². The predicted molar refractivity (Wildman–Crippen MR) is 211 cm³/mol. The van der Waals surface area contributed by atoms with E-state index in [1.807, 2.05) is 0 Å². The van der Waals surface area contributed by atoms with Crippen LogP contribution in [0.4, 0.5) is 17.1 Å². The summed E-state index contributed by atoms with van der Waals surface area (Å²) in [5, 5.41) is 2.63. The number of nitrogens with zero attached hydrogens (tertiary/aromatic N) is 1. The highest BCUT2D eigenvalue weighted by Gasteiger charge is 2.50. The molecule has 0 bridgehead atoms. The highest BCUT2D eigenvalue weighted by Crippen LogP contribution is 2.62. The lowest BCUT2D eigenvalue weighted by Gasteiger charge is -2.33. The molecule has 0 aromatic heterocycles. The van der Waals surface area contributed by atoms with Crippen molar-refractivity contribution in [3.8, 4) is 0 Å². The van der Waals surface area contributed by atoms with Gasteiger partial charge in [-0.05, 0) is 102 Å². The van der Waals surface area contributed by atoms with Crippen LogP contribution in [0.2, 0.25) is 0 Å². The van der Waals surface area contributed by atoms with E-state index in [1.54, 1.807) is 0 Å². The second-order valence-electron chi connectivity index (χ2n) is 17.9. The first-order valence-corrected chi connectivity index (χ1v) is 18.2. The van der Waals surface area contributed by atoms with Gasteiger partial charge in [-0.3, -0.25) is 0 Å². The molecule has 5 aromatic rings. The van der Waals surface area contributed by atoms with Crippen LogP contribution in [0.3, 0.4) is 0 Å². The predicted octanol–water partition coefficient (Wildman–Crippen LogP) is 13.2. The lowest BCUT2D eigenvalue weighted by molar-refractivity contribution is 0.393. The first kappa shape index (κ1) is 31.9. The highest BCUT2D eigenvalue weighted by atomic mass is 15.1. The fourth-order valence-corrected chi connectivity index (χ4v) is 9.12. The van der Waals surface area contributed by atoms with Gasteiger partial charge in [0.15, 0.2) is 0 Å². The van der Waals surface area contributed by atoms with E-state index in [1.165, 1.54) is 72.4 Å². The van der Waals surface area contributed by atoms with Crippen LogP contribution >= 0.6 is 0 Å². The number of anilines is 3. The Kier molecular flexibility index (Phi) is 6.88. The van der Waals surface area contributed by atoms with E-state index in [2.05, 4.69) is 189 Å². The zero-order valence-corrected chi connectivity index (χ0v) is 31.1. The molecule has 0 radical (unpaired) electrons. The van der Waals surface area contributed by atoms with E-state index in [0.717, 1.165) is 0 Å². The maximum Gasteiger partial charge on any atom is 0.0543 e. The summed E-state index contributed by atoms with van der Waals surface area (Å²) in [7, 11) is 0. The Bertz CT molecular complexity index is 2110. The van der Waals surface area contributed by atoms with Crippen LogP contribution in [0.1, 0.15) is 109 Å². The summed E-state index contributed by atoms with van der Waals surface area (Å²) >= 11 is 0. The molecule has 0 amide bonds. The molecule has 2 atom stereocenters. The lowest BCUT2D eigenvalue weighted by Crippen LogP contribution is -2.27. The van der Waals surface area contributed by atoms with Gasteiger partial charge in [0, 0.05) is 28.1 Å². The highest BCUT2D eigenvalue weighted by molar-refractivity contribution is 6.10. The summed E-state index contributed by atoms with van der Waals surface area (Å²) in [4.78, 5) is 2.50. The molecule has 3 aliphatic carbocycles. The summed E-state index contributed by atoms with van der Waals surface area (Å²) in [6.45, 7) is 23.5. The van der Waals surface area contributed by atoms with Crippen LogP contribution in [0, 0.1) is 5.92 Å². The van der Waals surface area contributed by atoms with Gasteiger partial charge in [0.25, 0.3) is 0 Å². The molecule has 1 nitrogen and oxygen atoms in total. The van der Waals surface area contributed by atoms with Crippen molar-refractivity contribution in [1.82, 2.24) is 0 Å². The number of allylic oxidation sites excluding steroid dienone is 4. The van der Waals surface area contributed by atoms with Crippen LogP contribution in [-0.2, 0) is 21.7 Å². The van der Waals surface area contributed by atoms with Gasteiger partial charge in [0.1, 0.15) is 0 Å². The van der Waals surface area contributed by atoms with Gasteiger partial charge in [-0.25, -0.2) is 0 Å². The second kappa shape index (κ2) is 10.6. The van der Waals surface area contributed by atoms with Crippen molar-refractivity contribution in [1.29, 1.82) is 0 Å². The molecule has 0 saturated carbocycles. The largest absolute Gasteiger partial charge is 0.310 e. The van der Waals surface area contributed by atoms with Crippen LogP contribution < -0.4 is 4.90 Å². The Balaban J connectivity index is 1.36. The maximum atomic E-state index is 2.66. The minimum Gasteiger partial charge on any atom is -0.310 e. The summed E-state index contributed by atoms with van der Waals surface area (Å²) in [5.41, 5.74) is 15.2. The van der Waals surface area contributed by atoms with Crippen molar-refractivity contribution in [2.24, 2.45) is 5.92 Å². The van der Waals surface area contributed by atoms with E-state index < -0.39 is 0 Å². The molecule has 5 aromatic carbocycles. The normalized spacial score (nSPS) is 20.2. The third kappa shape index (κ3) is 4.79. The zero-order chi connectivity index (χ0) is 34.7. The van der Waals surface area contributed by atoms with Gasteiger partial charge >= 0.3 is 0 Å². The van der Waals surface area contributed by atoms with Gasteiger partial charge in [-0.2, -0.15) is 0 Å². The number of fused-ring (bicyclic) bond motifs is 8. The average molecular weight is 642 g/mol. The van der Waals surface area contributed by atoms with E-state index >= 15 is 0 Å². The number of hydrogen-bond acceptors (Lipinski definition) is 1. The van der Waals surface area contributed by atoms with Crippen molar-refractivity contribution in [3.05, 3.63) is 154 Å². The van der Waals surface area contributed by atoms with Gasteiger partial charge in [-0.1, -0.05) is 154 Å². The van der Waals surface area contributed by atoms with Crippen LogP contribution in [-0.4, -0.2) is 0 Å². The monoisotopic (exact) mass is 641 g/mol. The molecule has 1 heteroatoms. The Morgan fingerprint density at radius 1 is 0.571 bits per heavy atom. The minimum atomic E-state index is -0.134. The molecule has 49 heavy (non-hydrogen) atoms. The Morgan fingerprint density at radius 2 is 1.10 bits per heavy atom. The summed E-state index contributed by atoms with van der Waals surface area (Å²) in [5.74, 6) is 0.839. The van der Waals surface area contributed by atoms with E-state index in [0.29, 0.717) is 11.8 Å². The smallest absolute Gasteiger partial charge is 0.0543 e. The van der Waals surface area contributed by atoms with Gasteiger partial charge < -0.3 is 4.90 Å². The van der Waals surface area contributed by atoms with E-state index in [9.17, 15) is 0 Å². The molecule has 0 saturated heterocycles. The molecule has 0 N–H and O–H groups in total. The fourth-order valence-electron chi connectivity index (χ4n) is 9.12. The SMILES string of the molecule is CC(C)(C)c1ccc(N(c2ccc(C(C)(C)C)cc2)c2cc3c(c4ccccc24)C2=CC4C(C=C2C3(C)C)c2ccccc2C4(C)C)cc1. The number of hydrogen-bond donors (Lipinski definition) is 0.